The van der Waals surface area contributed by atoms with Crippen molar-refractivity contribution in [2.24, 2.45) is 0 Å². The van der Waals surface area contributed by atoms with Crippen LogP contribution in [0.15, 0.2) is 17.5 Å². The van der Waals surface area contributed by atoms with Gasteiger partial charge in [-0.3, -0.25) is 4.90 Å². The number of hydrogen-bond donors (Lipinski definition) is 0. The Morgan fingerprint density at radius 3 is 3.14 bits per heavy atom. The van der Waals surface area contributed by atoms with E-state index in [0.717, 1.165) is 6.04 Å². The van der Waals surface area contributed by atoms with Crippen molar-refractivity contribution < 1.29 is 0 Å². The summed E-state index contributed by atoms with van der Waals surface area (Å²) in [6, 6.07) is 5.24. The van der Waals surface area contributed by atoms with Crippen molar-refractivity contribution in [3.05, 3.63) is 17.5 Å². The molecule has 0 spiro atoms. The Kier molecular flexibility index (Phi) is 2.22. The maximum absolute atomic E-state index is 2.66. The quantitative estimate of drug-likeness (QED) is 0.697. The van der Waals surface area contributed by atoms with Crippen LogP contribution >= 0.6 is 11.3 Å². The third kappa shape index (κ3) is 1.44. The van der Waals surface area contributed by atoms with Gasteiger partial charge in [0.2, 0.25) is 0 Å². The van der Waals surface area contributed by atoms with E-state index in [1.54, 1.807) is 0 Å². The van der Waals surface area contributed by atoms with Gasteiger partial charge >= 0.3 is 0 Å². The van der Waals surface area contributed by atoms with E-state index >= 15 is 0 Å². The summed E-state index contributed by atoms with van der Waals surface area (Å²) < 4.78 is 0. The highest BCUT2D eigenvalue weighted by molar-refractivity contribution is 7.14. The molecule has 2 aliphatic heterocycles. The maximum atomic E-state index is 2.66. The van der Waals surface area contributed by atoms with E-state index in [0.29, 0.717) is 0 Å². The number of anilines is 1. The first kappa shape index (κ1) is 8.74. The predicted molar refractivity (Wildman–Crippen MR) is 61.1 cm³/mol. The van der Waals surface area contributed by atoms with E-state index in [9.17, 15) is 0 Å². The lowest BCUT2D eigenvalue weighted by molar-refractivity contribution is 0.231. The Morgan fingerprint density at radius 1 is 1.29 bits per heavy atom. The first-order valence-corrected chi connectivity index (χ1v) is 6.34. The molecule has 2 aliphatic rings. The molecule has 1 unspecified atom stereocenters. The minimum absolute atomic E-state index is 0.839. The molecular formula is C11H16N2S. The first-order valence-electron chi connectivity index (χ1n) is 5.46. The van der Waals surface area contributed by atoms with Gasteiger partial charge in [-0.1, -0.05) is 0 Å². The van der Waals surface area contributed by atoms with E-state index in [1.807, 2.05) is 11.3 Å². The van der Waals surface area contributed by atoms with E-state index in [4.69, 9.17) is 0 Å². The zero-order valence-corrected chi connectivity index (χ0v) is 9.17. The van der Waals surface area contributed by atoms with Crippen LogP contribution in [0.25, 0.3) is 0 Å². The van der Waals surface area contributed by atoms with Gasteiger partial charge in [0.05, 0.1) is 5.00 Å². The maximum Gasteiger partial charge on any atom is 0.0909 e. The van der Waals surface area contributed by atoms with Gasteiger partial charge in [0.25, 0.3) is 0 Å². The van der Waals surface area contributed by atoms with Crippen LogP contribution in [0.2, 0.25) is 0 Å². The van der Waals surface area contributed by atoms with Crippen LogP contribution in [0.5, 0.6) is 0 Å². The molecule has 1 aromatic rings. The molecular weight excluding hydrogens is 192 g/mol. The van der Waals surface area contributed by atoms with Crippen LogP contribution in [-0.2, 0) is 0 Å². The summed E-state index contributed by atoms with van der Waals surface area (Å²) >= 11 is 1.87. The number of hydrogen-bond acceptors (Lipinski definition) is 3. The monoisotopic (exact) mass is 208 g/mol. The molecule has 76 valence electrons. The van der Waals surface area contributed by atoms with E-state index in [1.165, 1.54) is 44.0 Å². The molecule has 1 atom stereocenters. The van der Waals surface area contributed by atoms with Crippen molar-refractivity contribution in [1.82, 2.24) is 4.90 Å². The second-order valence-corrected chi connectivity index (χ2v) is 5.16. The van der Waals surface area contributed by atoms with Crippen molar-refractivity contribution in [3.8, 4) is 0 Å². The number of rotatable bonds is 1. The highest BCUT2D eigenvalue weighted by atomic mass is 32.1. The Hall–Kier alpha value is -0.540. The lowest BCUT2D eigenvalue weighted by Crippen LogP contribution is -2.49. The minimum atomic E-state index is 0.839. The molecule has 0 N–H and O–H groups in total. The largest absolute Gasteiger partial charge is 0.361 e. The van der Waals surface area contributed by atoms with Crippen molar-refractivity contribution >= 4 is 16.3 Å². The van der Waals surface area contributed by atoms with Crippen LogP contribution in [0.3, 0.4) is 0 Å². The Labute approximate surface area is 89.1 Å². The van der Waals surface area contributed by atoms with E-state index in [-0.39, 0.29) is 0 Å². The zero-order valence-electron chi connectivity index (χ0n) is 8.35. The molecule has 0 saturated carbocycles. The summed E-state index contributed by atoms with van der Waals surface area (Å²) in [4.78, 5) is 5.21. The van der Waals surface area contributed by atoms with Crippen LogP contribution in [0, 0.1) is 0 Å². The first-order chi connectivity index (χ1) is 6.93. The highest BCUT2D eigenvalue weighted by Gasteiger charge is 2.30. The SMILES string of the molecule is c1csc(N2CCN3CCCC3C2)c1. The summed E-state index contributed by atoms with van der Waals surface area (Å²) in [5.41, 5.74) is 0. The fourth-order valence-electron chi connectivity index (χ4n) is 2.64. The molecule has 2 saturated heterocycles. The molecule has 0 aliphatic carbocycles. The molecule has 14 heavy (non-hydrogen) atoms. The summed E-state index contributed by atoms with van der Waals surface area (Å²) in [7, 11) is 0. The van der Waals surface area contributed by atoms with Gasteiger partial charge in [-0.05, 0) is 36.9 Å². The molecule has 3 heterocycles. The summed E-state index contributed by atoms with van der Waals surface area (Å²) in [5.74, 6) is 0. The van der Waals surface area contributed by atoms with Gasteiger partial charge in [0, 0.05) is 25.7 Å². The Morgan fingerprint density at radius 2 is 2.29 bits per heavy atom. The second kappa shape index (κ2) is 3.55. The van der Waals surface area contributed by atoms with Gasteiger partial charge in [-0.25, -0.2) is 0 Å². The van der Waals surface area contributed by atoms with Gasteiger partial charge in [-0.15, -0.1) is 11.3 Å². The van der Waals surface area contributed by atoms with Crippen LogP contribution < -0.4 is 4.90 Å². The number of nitrogens with zero attached hydrogens (tertiary/aromatic N) is 2. The standard InChI is InChI=1S/C11H16N2S/c1-3-10-9-13(7-6-12(10)5-1)11-4-2-8-14-11/h2,4,8,10H,1,3,5-7,9H2. The highest BCUT2D eigenvalue weighted by Crippen LogP contribution is 2.27. The molecule has 0 amide bonds. The fraction of sp³-hybridized carbons (Fsp3) is 0.636. The zero-order chi connectivity index (χ0) is 9.38. The number of piperazine rings is 1. The fourth-order valence-corrected chi connectivity index (χ4v) is 3.41. The third-order valence-corrected chi connectivity index (χ3v) is 4.33. The Balaban J connectivity index is 1.73. The van der Waals surface area contributed by atoms with Gasteiger partial charge in [0.15, 0.2) is 0 Å². The topological polar surface area (TPSA) is 6.48 Å². The Bertz CT molecular complexity index is 296. The molecule has 3 rings (SSSR count). The summed E-state index contributed by atoms with van der Waals surface area (Å²) in [6.45, 7) is 5.07. The average molecular weight is 208 g/mol. The summed E-state index contributed by atoms with van der Waals surface area (Å²) in [5, 5.41) is 3.63. The molecule has 0 radical (unpaired) electrons. The van der Waals surface area contributed by atoms with E-state index in [2.05, 4.69) is 27.3 Å². The van der Waals surface area contributed by atoms with Crippen molar-refractivity contribution in [2.75, 3.05) is 31.1 Å². The smallest absolute Gasteiger partial charge is 0.0909 e. The lowest BCUT2D eigenvalue weighted by atomic mass is 10.1. The van der Waals surface area contributed by atoms with Crippen LogP contribution in [0.1, 0.15) is 12.8 Å². The molecule has 0 aromatic carbocycles. The van der Waals surface area contributed by atoms with Crippen molar-refractivity contribution in [2.45, 2.75) is 18.9 Å². The molecule has 2 fully saturated rings. The molecule has 0 bridgehead atoms. The molecule has 2 nitrogen and oxygen atoms in total. The average Bonchev–Trinajstić information content (AvgIpc) is 2.88. The molecule has 1 aromatic heterocycles. The number of thiophene rings is 1. The number of fused-ring (bicyclic) bond motifs is 1. The lowest BCUT2D eigenvalue weighted by Gasteiger charge is -2.38. The van der Waals surface area contributed by atoms with Gasteiger partial charge < -0.3 is 4.90 Å². The molecule has 3 heteroatoms. The summed E-state index contributed by atoms with van der Waals surface area (Å²) in [6.07, 6.45) is 2.81. The van der Waals surface area contributed by atoms with Crippen LogP contribution in [-0.4, -0.2) is 37.1 Å². The third-order valence-electron chi connectivity index (χ3n) is 3.41. The minimum Gasteiger partial charge on any atom is -0.361 e. The normalized spacial score (nSPS) is 28.0. The van der Waals surface area contributed by atoms with E-state index < -0.39 is 0 Å². The van der Waals surface area contributed by atoms with Crippen molar-refractivity contribution in [3.63, 3.8) is 0 Å². The second-order valence-electron chi connectivity index (χ2n) is 4.23. The van der Waals surface area contributed by atoms with Crippen molar-refractivity contribution in [1.29, 1.82) is 0 Å². The van der Waals surface area contributed by atoms with Crippen LogP contribution in [0.4, 0.5) is 5.00 Å². The van der Waals surface area contributed by atoms with Gasteiger partial charge in [-0.2, -0.15) is 0 Å². The van der Waals surface area contributed by atoms with Gasteiger partial charge in [0.1, 0.15) is 0 Å². The predicted octanol–water partition coefficient (Wildman–Crippen LogP) is 2.03.